The van der Waals surface area contributed by atoms with Gasteiger partial charge in [0.2, 0.25) is 0 Å². The number of carbonyl (C=O) groups is 1. The maximum absolute atomic E-state index is 13.4. The lowest BCUT2D eigenvalue weighted by Crippen LogP contribution is -2.39. The summed E-state index contributed by atoms with van der Waals surface area (Å²) in [5.74, 6) is 0.536. The van der Waals surface area contributed by atoms with Gasteiger partial charge in [-0.15, -0.1) is 0 Å². The molecule has 2 amide bonds. The fraction of sp³-hybridized carbons (Fsp3) is 0.450. The lowest BCUT2D eigenvalue weighted by atomic mass is 10.0. The van der Waals surface area contributed by atoms with Gasteiger partial charge in [0.05, 0.1) is 10.9 Å². The largest absolute Gasteiger partial charge is 0.384 e. The predicted molar refractivity (Wildman–Crippen MR) is 114 cm³/mol. The second kappa shape index (κ2) is 7.98. The Bertz CT molecular complexity index is 997. The maximum atomic E-state index is 13.4. The molecule has 1 heterocycles. The van der Waals surface area contributed by atoms with Gasteiger partial charge in [0.1, 0.15) is 10.6 Å². The number of amides is 2. The molecule has 0 unspecified atom stereocenters. The van der Waals surface area contributed by atoms with E-state index in [0.29, 0.717) is 35.6 Å². The van der Waals surface area contributed by atoms with Crippen molar-refractivity contribution >= 4 is 27.4 Å². The van der Waals surface area contributed by atoms with Crippen LogP contribution in [0.3, 0.4) is 0 Å². The molecule has 2 aromatic rings. The third-order valence-corrected chi connectivity index (χ3v) is 8.46. The first-order valence-electron chi connectivity index (χ1n) is 9.66. The van der Waals surface area contributed by atoms with Gasteiger partial charge in [-0.3, -0.25) is 0 Å². The van der Waals surface area contributed by atoms with Crippen molar-refractivity contribution in [1.29, 1.82) is 0 Å². The molecule has 1 aliphatic carbocycles. The first-order chi connectivity index (χ1) is 13.6. The van der Waals surface area contributed by atoms with E-state index in [1.54, 1.807) is 38.1 Å². The minimum atomic E-state index is -3.46. The Balaban J connectivity index is 1.96. The Hall–Kier alpha value is -2.68. The molecule has 8 nitrogen and oxygen atoms in total. The van der Waals surface area contributed by atoms with Crippen molar-refractivity contribution in [2.24, 2.45) is 5.73 Å². The van der Waals surface area contributed by atoms with E-state index in [0.717, 1.165) is 19.3 Å². The van der Waals surface area contributed by atoms with Gasteiger partial charge < -0.3 is 16.8 Å². The van der Waals surface area contributed by atoms with Gasteiger partial charge >= 0.3 is 6.03 Å². The molecule has 0 saturated heterocycles. The Kier molecular flexibility index (Phi) is 5.79. The summed E-state index contributed by atoms with van der Waals surface area (Å²) in [5, 5.41) is 2.12. The zero-order valence-corrected chi connectivity index (χ0v) is 17.5. The van der Waals surface area contributed by atoms with E-state index in [4.69, 9.17) is 11.5 Å². The van der Waals surface area contributed by atoms with Crippen LogP contribution in [0, 0.1) is 0 Å². The van der Waals surface area contributed by atoms with Crippen LogP contribution in [0.2, 0.25) is 0 Å². The van der Waals surface area contributed by atoms with Crippen molar-refractivity contribution in [1.82, 2.24) is 9.97 Å². The standard InChI is InChI=1S/C20H27N5O3S/c1-20(2,29(27,28)15-6-4-3-5-7-15)16-12-17(21)25-18(24-16)13-8-10-14(11-9-13)23-19(22)26/h8-12,15H,3-7H2,1-2H3,(H2,21,24,25)(H3,22,23,26). The van der Waals surface area contributed by atoms with Gasteiger partial charge in [0.25, 0.3) is 0 Å². The number of benzene rings is 1. The number of rotatable bonds is 5. The van der Waals surface area contributed by atoms with Crippen LogP contribution in [-0.4, -0.2) is 29.7 Å². The lowest BCUT2D eigenvalue weighted by Gasteiger charge is -2.32. The number of nitrogens with one attached hydrogen (secondary N) is 1. The van der Waals surface area contributed by atoms with E-state index in [1.807, 2.05) is 0 Å². The SMILES string of the molecule is CC(C)(c1cc(N)nc(-c2ccc(NC(N)=O)cc2)n1)S(=O)(=O)C1CCCCC1. The first-order valence-corrected chi connectivity index (χ1v) is 11.2. The van der Waals surface area contributed by atoms with E-state index in [2.05, 4.69) is 15.3 Å². The lowest BCUT2D eigenvalue weighted by molar-refractivity contribution is 0.259. The fourth-order valence-corrected chi connectivity index (χ4v) is 5.87. The molecule has 9 heteroatoms. The molecule has 156 valence electrons. The third-order valence-electron chi connectivity index (χ3n) is 5.48. The molecule has 29 heavy (non-hydrogen) atoms. The normalized spacial score (nSPS) is 15.8. The smallest absolute Gasteiger partial charge is 0.316 e. The molecule has 1 aromatic carbocycles. The van der Waals surface area contributed by atoms with Gasteiger partial charge in [0, 0.05) is 17.3 Å². The summed E-state index contributed by atoms with van der Waals surface area (Å²) in [6.45, 7) is 3.37. The van der Waals surface area contributed by atoms with Crippen molar-refractivity contribution < 1.29 is 13.2 Å². The van der Waals surface area contributed by atoms with Crippen LogP contribution in [0.25, 0.3) is 11.4 Å². The number of hydrogen-bond acceptors (Lipinski definition) is 6. The molecule has 5 N–H and O–H groups in total. The van der Waals surface area contributed by atoms with Crippen molar-refractivity contribution in [3.05, 3.63) is 36.0 Å². The third kappa shape index (κ3) is 4.34. The molecule has 1 aromatic heterocycles. The topological polar surface area (TPSA) is 141 Å². The molecule has 0 atom stereocenters. The number of nitrogens with two attached hydrogens (primary N) is 2. The summed E-state index contributed by atoms with van der Waals surface area (Å²) in [5.41, 5.74) is 12.7. The minimum absolute atomic E-state index is 0.205. The minimum Gasteiger partial charge on any atom is -0.384 e. The number of anilines is 2. The molecule has 1 fully saturated rings. The van der Waals surface area contributed by atoms with Gasteiger partial charge in [-0.2, -0.15) is 0 Å². The second-order valence-electron chi connectivity index (χ2n) is 7.88. The van der Waals surface area contributed by atoms with Crippen LogP contribution in [0.4, 0.5) is 16.3 Å². The molecule has 0 bridgehead atoms. The number of nitrogens with zero attached hydrogens (tertiary/aromatic N) is 2. The average molecular weight is 418 g/mol. The highest BCUT2D eigenvalue weighted by atomic mass is 32.2. The number of primary amides is 1. The number of aromatic nitrogens is 2. The maximum Gasteiger partial charge on any atom is 0.316 e. The molecular weight excluding hydrogens is 390 g/mol. The van der Waals surface area contributed by atoms with Gasteiger partial charge in [0.15, 0.2) is 15.7 Å². The Labute approximate surface area is 171 Å². The first kappa shape index (κ1) is 21.0. The quantitative estimate of drug-likeness (QED) is 0.682. The number of nitrogen functional groups attached to an aromatic ring is 1. The molecule has 3 rings (SSSR count). The number of carbonyl (C=O) groups excluding carboxylic acids is 1. The molecule has 0 radical (unpaired) electrons. The van der Waals surface area contributed by atoms with E-state index in [-0.39, 0.29) is 11.1 Å². The second-order valence-corrected chi connectivity index (χ2v) is 10.7. The van der Waals surface area contributed by atoms with Crippen molar-refractivity contribution in [2.45, 2.75) is 55.9 Å². The van der Waals surface area contributed by atoms with E-state index in [1.165, 1.54) is 6.07 Å². The van der Waals surface area contributed by atoms with Gasteiger partial charge in [-0.05, 0) is 51.0 Å². The molecule has 1 saturated carbocycles. The number of urea groups is 1. The fourth-order valence-electron chi connectivity index (χ4n) is 3.69. The van der Waals surface area contributed by atoms with Crippen molar-refractivity contribution in [3.63, 3.8) is 0 Å². The zero-order valence-electron chi connectivity index (χ0n) is 16.7. The van der Waals surface area contributed by atoms with E-state index < -0.39 is 20.6 Å². The molecule has 1 aliphatic rings. The van der Waals surface area contributed by atoms with Crippen LogP contribution < -0.4 is 16.8 Å². The van der Waals surface area contributed by atoms with Crippen molar-refractivity contribution in [2.75, 3.05) is 11.1 Å². The van der Waals surface area contributed by atoms with E-state index in [9.17, 15) is 13.2 Å². The Morgan fingerprint density at radius 1 is 1.10 bits per heavy atom. The van der Waals surface area contributed by atoms with Crippen LogP contribution in [0.5, 0.6) is 0 Å². The number of hydrogen-bond donors (Lipinski definition) is 3. The van der Waals surface area contributed by atoms with Crippen LogP contribution >= 0.6 is 0 Å². The van der Waals surface area contributed by atoms with Gasteiger partial charge in [-0.25, -0.2) is 23.2 Å². The van der Waals surface area contributed by atoms with Crippen LogP contribution in [0.1, 0.15) is 51.6 Å². The van der Waals surface area contributed by atoms with Gasteiger partial charge in [-0.1, -0.05) is 19.3 Å². The Morgan fingerprint density at radius 2 is 1.72 bits per heavy atom. The van der Waals surface area contributed by atoms with Crippen LogP contribution in [0.15, 0.2) is 30.3 Å². The van der Waals surface area contributed by atoms with Crippen molar-refractivity contribution in [3.8, 4) is 11.4 Å². The summed E-state index contributed by atoms with van der Waals surface area (Å²) < 4.78 is 25.5. The zero-order chi connectivity index (χ0) is 21.2. The summed E-state index contributed by atoms with van der Waals surface area (Å²) in [4.78, 5) is 19.8. The Morgan fingerprint density at radius 3 is 2.31 bits per heavy atom. The predicted octanol–water partition coefficient (Wildman–Crippen LogP) is 3.20. The highest BCUT2D eigenvalue weighted by Gasteiger charge is 2.43. The number of sulfone groups is 1. The molecule has 0 spiro atoms. The highest BCUT2D eigenvalue weighted by Crippen LogP contribution is 2.37. The van der Waals surface area contributed by atoms with Crippen LogP contribution in [-0.2, 0) is 14.6 Å². The summed E-state index contributed by atoms with van der Waals surface area (Å²) in [6.07, 6.45) is 4.32. The van der Waals surface area contributed by atoms with E-state index >= 15 is 0 Å². The molecule has 0 aliphatic heterocycles. The monoisotopic (exact) mass is 417 g/mol. The summed E-state index contributed by atoms with van der Waals surface area (Å²) >= 11 is 0. The average Bonchev–Trinajstić information content (AvgIpc) is 2.68. The summed E-state index contributed by atoms with van der Waals surface area (Å²) in [6, 6.07) is 7.63. The summed E-state index contributed by atoms with van der Waals surface area (Å²) in [7, 11) is -3.46. The molecular formula is C20H27N5O3S. The highest BCUT2D eigenvalue weighted by molar-refractivity contribution is 7.92.